The van der Waals surface area contributed by atoms with Crippen molar-refractivity contribution in [2.24, 2.45) is 0 Å². The van der Waals surface area contributed by atoms with E-state index in [1.807, 2.05) is 12.1 Å². The molecule has 2 aromatic carbocycles. The number of ether oxygens (including phenoxy) is 1. The van der Waals surface area contributed by atoms with Crippen molar-refractivity contribution in [2.75, 3.05) is 13.7 Å². The Balaban J connectivity index is 0.000000263. The van der Waals surface area contributed by atoms with Gasteiger partial charge in [-0.15, -0.1) is 0 Å². The topological polar surface area (TPSA) is 94.1 Å². The molecule has 0 amide bonds. The van der Waals surface area contributed by atoms with Crippen molar-refractivity contribution < 1.29 is 23.4 Å². The number of nitriles is 2. The SMILES string of the molecule is COC(=O)Cc1ccc(F)cc1C#N.N#Cc1cc(F)ccc1CCO. The number of esters is 1. The van der Waals surface area contributed by atoms with Crippen LogP contribution in [0.5, 0.6) is 0 Å². The molecule has 0 spiro atoms. The highest BCUT2D eigenvalue weighted by atomic mass is 19.1. The maximum atomic E-state index is 12.7. The molecule has 2 rings (SSSR count). The largest absolute Gasteiger partial charge is 0.469 e. The fourth-order valence-corrected chi connectivity index (χ4v) is 2.03. The Morgan fingerprint density at radius 3 is 2.00 bits per heavy atom. The van der Waals surface area contributed by atoms with E-state index in [4.69, 9.17) is 15.6 Å². The van der Waals surface area contributed by atoms with Crippen LogP contribution in [0.1, 0.15) is 22.3 Å². The average Bonchev–Trinajstić information content (AvgIpc) is 2.65. The Labute approximate surface area is 149 Å². The van der Waals surface area contributed by atoms with Gasteiger partial charge >= 0.3 is 5.97 Å². The van der Waals surface area contributed by atoms with Crippen LogP contribution >= 0.6 is 0 Å². The zero-order chi connectivity index (χ0) is 19.5. The second kappa shape index (κ2) is 10.5. The highest BCUT2D eigenvalue weighted by Gasteiger charge is 2.08. The Morgan fingerprint density at radius 2 is 1.54 bits per heavy atom. The predicted octanol–water partition coefficient (Wildman–Crippen LogP) is 2.65. The highest BCUT2D eigenvalue weighted by molar-refractivity contribution is 5.73. The van der Waals surface area contributed by atoms with Crippen molar-refractivity contribution in [1.82, 2.24) is 0 Å². The van der Waals surface area contributed by atoms with Crippen LogP contribution in [0.3, 0.4) is 0 Å². The zero-order valence-electron chi connectivity index (χ0n) is 14.0. The predicted molar refractivity (Wildman–Crippen MR) is 88.7 cm³/mol. The van der Waals surface area contributed by atoms with Crippen LogP contribution in [0, 0.1) is 34.3 Å². The highest BCUT2D eigenvalue weighted by Crippen LogP contribution is 2.11. The smallest absolute Gasteiger partial charge is 0.310 e. The van der Waals surface area contributed by atoms with E-state index < -0.39 is 17.6 Å². The Kier molecular flexibility index (Phi) is 8.42. The number of aliphatic hydroxyl groups is 1. The third-order valence-electron chi connectivity index (χ3n) is 3.33. The lowest BCUT2D eigenvalue weighted by Gasteiger charge is -2.01. The normalized spacial score (nSPS) is 9.31. The fraction of sp³-hybridized carbons (Fsp3) is 0.211. The van der Waals surface area contributed by atoms with Crippen LogP contribution in [0.25, 0.3) is 0 Å². The van der Waals surface area contributed by atoms with E-state index in [-0.39, 0.29) is 18.6 Å². The summed E-state index contributed by atoms with van der Waals surface area (Å²) in [6.07, 6.45) is 0.378. The minimum atomic E-state index is -0.491. The quantitative estimate of drug-likeness (QED) is 0.848. The van der Waals surface area contributed by atoms with Gasteiger partial charge < -0.3 is 9.84 Å². The van der Waals surface area contributed by atoms with Crippen molar-refractivity contribution in [3.05, 3.63) is 70.3 Å². The summed E-state index contributed by atoms with van der Waals surface area (Å²) >= 11 is 0. The summed E-state index contributed by atoms with van der Waals surface area (Å²) in [5, 5.41) is 25.8. The number of hydrogen-bond acceptors (Lipinski definition) is 5. The van der Waals surface area contributed by atoms with Crippen molar-refractivity contribution >= 4 is 5.97 Å². The van der Waals surface area contributed by atoms with Crippen LogP contribution in [0.15, 0.2) is 36.4 Å². The zero-order valence-corrected chi connectivity index (χ0v) is 14.0. The van der Waals surface area contributed by atoms with Gasteiger partial charge in [-0.3, -0.25) is 4.79 Å². The molecule has 0 saturated heterocycles. The maximum Gasteiger partial charge on any atom is 0.310 e. The third kappa shape index (κ3) is 6.31. The number of carbonyl (C=O) groups excluding carboxylic acids is 1. The molecule has 134 valence electrons. The van der Waals surface area contributed by atoms with E-state index in [9.17, 15) is 13.6 Å². The molecule has 1 N–H and O–H groups in total. The van der Waals surface area contributed by atoms with Gasteiger partial charge in [-0.25, -0.2) is 8.78 Å². The standard InChI is InChI=1S/C10H8FNO2.C9H8FNO/c1-14-10(13)5-7-2-3-9(11)4-8(7)6-12;10-9-2-1-7(3-4-12)8(5-9)6-11/h2-4H,5H2,1H3;1-2,5,12H,3-4H2. The lowest BCUT2D eigenvalue weighted by molar-refractivity contribution is -0.139. The Hall–Kier alpha value is -3.29. The van der Waals surface area contributed by atoms with Crippen LogP contribution in [-0.4, -0.2) is 24.8 Å². The van der Waals surface area contributed by atoms with Gasteiger partial charge in [0.25, 0.3) is 0 Å². The molecular formula is C19H16F2N2O3. The number of benzene rings is 2. The summed E-state index contributed by atoms with van der Waals surface area (Å²) in [5.41, 5.74) is 1.61. The molecule has 0 bridgehead atoms. The van der Waals surface area contributed by atoms with Gasteiger partial charge in [-0.2, -0.15) is 10.5 Å². The minimum absolute atomic E-state index is 0.0142. The molecule has 0 saturated carbocycles. The molecule has 0 fully saturated rings. The number of nitrogens with zero attached hydrogens (tertiary/aromatic N) is 2. The van der Waals surface area contributed by atoms with Gasteiger partial charge in [0.1, 0.15) is 11.6 Å². The monoisotopic (exact) mass is 358 g/mol. The van der Waals surface area contributed by atoms with Gasteiger partial charge in [0, 0.05) is 6.61 Å². The first kappa shape index (κ1) is 20.8. The fourth-order valence-electron chi connectivity index (χ4n) is 2.03. The Morgan fingerprint density at radius 1 is 1.04 bits per heavy atom. The summed E-state index contributed by atoms with van der Waals surface area (Å²) in [4.78, 5) is 10.9. The number of carbonyl (C=O) groups is 1. The average molecular weight is 358 g/mol. The molecule has 2 aromatic rings. The van der Waals surface area contributed by atoms with Crippen LogP contribution in [-0.2, 0) is 22.4 Å². The second-order valence-electron chi connectivity index (χ2n) is 5.05. The van der Waals surface area contributed by atoms with Crippen molar-refractivity contribution in [3.63, 3.8) is 0 Å². The summed E-state index contributed by atoms with van der Waals surface area (Å²) in [5.74, 6) is -1.36. The van der Waals surface area contributed by atoms with E-state index in [2.05, 4.69) is 4.74 Å². The van der Waals surface area contributed by atoms with Crippen LogP contribution in [0.4, 0.5) is 8.78 Å². The summed E-state index contributed by atoms with van der Waals surface area (Å²) in [6, 6.07) is 11.4. The van der Waals surface area contributed by atoms with E-state index in [1.165, 1.54) is 37.4 Å². The first-order valence-corrected chi connectivity index (χ1v) is 7.49. The molecule has 7 heteroatoms. The van der Waals surface area contributed by atoms with Gasteiger partial charge in [0.15, 0.2) is 0 Å². The van der Waals surface area contributed by atoms with Crippen molar-refractivity contribution in [2.45, 2.75) is 12.8 Å². The van der Waals surface area contributed by atoms with Crippen LogP contribution < -0.4 is 0 Å². The van der Waals surface area contributed by atoms with E-state index in [1.54, 1.807) is 0 Å². The maximum absolute atomic E-state index is 12.7. The van der Waals surface area contributed by atoms with Gasteiger partial charge in [0.05, 0.1) is 36.8 Å². The molecule has 26 heavy (non-hydrogen) atoms. The number of hydrogen-bond donors (Lipinski definition) is 1. The third-order valence-corrected chi connectivity index (χ3v) is 3.33. The molecular weight excluding hydrogens is 342 g/mol. The van der Waals surface area contributed by atoms with Crippen molar-refractivity contribution in [3.8, 4) is 12.1 Å². The molecule has 0 aliphatic heterocycles. The first-order chi connectivity index (χ1) is 12.4. The number of aliphatic hydroxyl groups excluding tert-OH is 1. The molecule has 0 aliphatic rings. The summed E-state index contributed by atoms with van der Waals surface area (Å²) < 4.78 is 29.7. The van der Waals surface area contributed by atoms with Gasteiger partial charge in [0.2, 0.25) is 0 Å². The lowest BCUT2D eigenvalue weighted by Crippen LogP contribution is -2.06. The van der Waals surface area contributed by atoms with E-state index >= 15 is 0 Å². The minimum Gasteiger partial charge on any atom is -0.469 e. The molecule has 0 heterocycles. The van der Waals surface area contributed by atoms with Crippen molar-refractivity contribution in [1.29, 1.82) is 10.5 Å². The molecule has 0 unspecified atom stereocenters. The lowest BCUT2D eigenvalue weighted by atomic mass is 10.1. The molecule has 0 radical (unpaired) electrons. The van der Waals surface area contributed by atoms with Gasteiger partial charge in [-0.05, 0) is 41.8 Å². The second-order valence-corrected chi connectivity index (χ2v) is 5.05. The molecule has 0 atom stereocenters. The summed E-state index contributed by atoms with van der Waals surface area (Å²) in [7, 11) is 1.26. The van der Waals surface area contributed by atoms with E-state index in [0.717, 1.165) is 6.07 Å². The number of halogens is 2. The molecule has 5 nitrogen and oxygen atoms in total. The van der Waals surface area contributed by atoms with Gasteiger partial charge in [-0.1, -0.05) is 12.1 Å². The Bertz CT molecular complexity index is 855. The van der Waals surface area contributed by atoms with E-state index in [0.29, 0.717) is 23.1 Å². The number of rotatable bonds is 4. The number of methoxy groups -OCH3 is 1. The molecule has 0 aromatic heterocycles. The summed E-state index contributed by atoms with van der Waals surface area (Å²) in [6.45, 7) is -0.0275. The first-order valence-electron chi connectivity index (χ1n) is 7.49. The molecule has 0 aliphatic carbocycles. The van der Waals surface area contributed by atoms with Crippen LogP contribution in [0.2, 0.25) is 0 Å².